The van der Waals surface area contributed by atoms with Crippen molar-refractivity contribution in [2.45, 2.75) is 112 Å². The van der Waals surface area contributed by atoms with Crippen molar-refractivity contribution in [1.82, 2.24) is 0 Å². The number of allylic oxidation sites excluding steroid dienone is 4. The predicted molar refractivity (Wildman–Crippen MR) is 138 cm³/mol. The number of hydrogen-bond donors (Lipinski definition) is 0. The van der Waals surface area contributed by atoms with Crippen molar-refractivity contribution in [2.75, 3.05) is 0 Å². The molecule has 2 nitrogen and oxygen atoms in total. The molecule has 186 valence electrons. The van der Waals surface area contributed by atoms with Crippen molar-refractivity contribution in [1.29, 1.82) is 0 Å². The first-order valence-corrected chi connectivity index (χ1v) is 14.2. The molecule has 0 radical (unpaired) electrons. The van der Waals surface area contributed by atoms with E-state index in [9.17, 15) is 4.79 Å². The molecule has 0 aromatic carbocycles. The van der Waals surface area contributed by atoms with E-state index in [0.717, 1.165) is 36.5 Å². The lowest BCUT2D eigenvalue weighted by Crippen LogP contribution is -2.50. The fourth-order valence-corrected chi connectivity index (χ4v) is 9.00. The first-order chi connectivity index (χ1) is 15.6. The topological polar surface area (TPSA) is 26.3 Å². The highest BCUT2D eigenvalue weighted by molar-refractivity contribution is 5.66. The Morgan fingerprint density at radius 3 is 2.42 bits per heavy atom. The lowest BCUT2D eigenvalue weighted by atomic mass is 9.47. The molecule has 0 heterocycles. The zero-order valence-electron chi connectivity index (χ0n) is 22.5. The van der Waals surface area contributed by atoms with Gasteiger partial charge in [0.15, 0.2) is 0 Å². The molecule has 0 unspecified atom stereocenters. The molecule has 0 bridgehead atoms. The number of esters is 1. The summed E-state index contributed by atoms with van der Waals surface area (Å²) in [5.41, 5.74) is 2.70. The second-order valence-electron chi connectivity index (χ2n) is 13.0. The molecule has 3 fully saturated rings. The molecule has 4 aliphatic carbocycles. The number of hydrogen-bond acceptors (Lipinski definition) is 2. The molecule has 0 spiro atoms. The minimum atomic E-state index is -0.108. The summed E-state index contributed by atoms with van der Waals surface area (Å²) in [6.07, 6.45) is 19.3. The summed E-state index contributed by atoms with van der Waals surface area (Å²) in [7, 11) is 0. The van der Waals surface area contributed by atoms with Crippen LogP contribution in [0.2, 0.25) is 0 Å². The van der Waals surface area contributed by atoms with E-state index in [0.29, 0.717) is 28.6 Å². The third-order valence-electron chi connectivity index (χ3n) is 11.1. The molecule has 33 heavy (non-hydrogen) atoms. The van der Waals surface area contributed by atoms with Crippen LogP contribution in [-0.4, -0.2) is 12.1 Å². The SMILES string of the molecule is CC[C@H](/C=C\[C@H](C)[C@@H]1CC[C@@H]2C3=CC[C@@H]4C[C@H](OC(C)=O)CC[C@]4(C)[C@@H]3CC[C@@]21C)C(C)C. The van der Waals surface area contributed by atoms with E-state index >= 15 is 0 Å². The molecule has 2 heteroatoms. The van der Waals surface area contributed by atoms with Gasteiger partial charge in [0, 0.05) is 6.92 Å². The fraction of sp³-hybridized carbons (Fsp3) is 0.839. The van der Waals surface area contributed by atoms with Gasteiger partial charge in [-0.2, -0.15) is 0 Å². The van der Waals surface area contributed by atoms with Gasteiger partial charge in [0.2, 0.25) is 0 Å². The van der Waals surface area contributed by atoms with Gasteiger partial charge in [-0.15, -0.1) is 0 Å². The lowest BCUT2D eigenvalue weighted by Gasteiger charge is -2.58. The van der Waals surface area contributed by atoms with E-state index in [4.69, 9.17) is 4.74 Å². The van der Waals surface area contributed by atoms with E-state index < -0.39 is 0 Å². The average molecular weight is 455 g/mol. The van der Waals surface area contributed by atoms with Crippen molar-refractivity contribution in [3.63, 3.8) is 0 Å². The Morgan fingerprint density at radius 2 is 1.76 bits per heavy atom. The Balaban J connectivity index is 1.50. The predicted octanol–water partition coefficient (Wildman–Crippen LogP) is 8.37. The van der Waals surface area contributed by atoms with E-state index in [2.05, 4.69) is 59.8 Å². The molecule has 0 aromatic heterocycles. The summed E-state index contributed by atoms with van der Waals surface area (Å²) in [5, 5.41) is 0. The second-order valence-corrected chi connectivity index (χ2v) is 13.0. The molecule has 9 atom stereocenters. The van der Waals surface area contributed by atoms with E-state index in [1.54, 1.807) is 6.92 Å². The highest BCUT2D eigenvalue weighted by Crippen LogP contribution is 2.66. The number of ether oxygens (including phenoxy) is 1. The Morgan fingerprint density at radius 1 is 1.06 bits per heavy atom. The number of carbonyl (C=O) groups excluding carboxylic acids is 1. The quantitative estimate of drug-likeness (QED) is 0.297. The molecule has 0 amide bonds. The second kappa shape index (κ2) is 9.54. The molecule has 0 N–H and O–H groups in total. The Kier molecular flexibility index (Phi) is 7.24. The van der Waals surface area contributed by atoms with Crippen LogP contribution in [0.4, 0.5) is 0 Å². The van der Waals surface area contributed by atoms with Gasteiger partial charge in [0.05, 0.1) is 0 Å². The van der Waals surface area contributed by atoms with Gasteiger partial charge >= 0.3 is 5.97 Å². The van der Waals surface area contributed by atoms with Crippen LogP contribution in [-0.2, 0) is 9.53 Å². The maximum atomic E-state index is 11.5. The number of carbonyl (C=O) groups is 1. The van der Waals surface area contributed by atoms with Crippen molar-refractivity contribution in [3.8, 4) is 0 Å². The van der Waals surface area contributed by atoms with Crippen molar-refractivity contribution >= 4 is 5.97 Å². The zero-order chi connectivity index (χ0) is 24.0. The highest BCUT2D eigenvalue weighted by Gasteiger charge is 2.58. The molecule has 0 saturated heterocycles. The average Bonchev–Trinajstić information content (AvgIpc) is 3.11. The third kappa shape index (κ3) is 4.50. The van der Waals surface area contributed by atoms with Gasteiger partial charge in [0.1, 0.15) is 6.10 Å². The van der Waals surface area contributed by atoms with E-state index in [1.807, 2.05) is 5.57 Å². The first-order valence-electron chi connectivity index (χ1n) is 14.2. The standard InChI is InChI=1S/C31H50O2/c1-8-23(20(2)3)10-9-21(4)27-13-14-28-26-12-11-24-19-25(33-22(5)32)15-17-30(24,6)29(26)16-18-31(27,28)7/h9-10,12,20-21,23-25,27-29H,8,11,13-19H2,1-7H3/b10-9-/t21-,23+,24+,25+,27-,28+,29+,30-,31+/m0/s1. The summed E-state index contributed by atoms with van der Waals surface area (Å²) in [6, 6.07) is 0. The van der Waals surface area contributed by atoms with Crippen LogP contribution in [0, 0.1) is 52.3 Å². The Hall–Kier alpha value is -1.05. The minimum Gasteiger partial charge on any atom is -0.463 e. The molecule has 4 rings (SSSR count). The molecule has 0 aromatic rings. The maximum Gasteiger partial charge on any atom is 0.302 e. The zero-order valence-corrected chi connectivity index (χ0v) is 22.5. The number of fused-ring (bicyclic) bond motifs is 5. The molecular weight excluding hydrogens is 404 g/mol. The largest absolute Gasteiger partial charge is 0.463 e. The summed E-state index contributed by atoms with van der Waals surface area (Å²) in [5.74, 6) is 5.05. The van der Waals surface area contributed by atoms with Crippen LogP contribution in [0.25, 0.3) is 0 Å². The van der Waals surface area contributed by atoms with Crippen LogP contribution in [0.3, 0.4) is 0 Å². The van der Waals surface area contributed by atoms with E-state index in [-0.39, 0.29) is 12.1 Å². The first kappa shape index (κ1) is 25.1. The maximum absolute atomic E-state index is 11.5. The van der Waals surface area contributed by atoms with Gasteiger partial charge in [-0.25, -0.2) is 0 Å². The lowest BCUT2D eigenvalue weighted by molar-refractivity contribution is -0.152. The van der Waals surface area contributed by atoms with Crippen LogP contribution in [0.15, 0.2) is 23.8 Å². The van der Waals surface area contributed by atoms with Crippen LogP contribution < -0.4 is 0 Å². The van der Waals surface area contributed by atoms with Crippen LogP contribution >= 0.6 is 0 Å². The summed E-state index contributed by atoms with van der Waals surface area (Å²) < 4.78 is 5.64. The van der Waals surface area contributed by atoms with Crippen LogP contribution in [0.5, 0.6) is 0 Å². The van der Waals surface area contributed by atoms with Crippen LogP contribution in [0.1, 0.15) is 106 Å². The van der Waals surface area contributed by atoms with Crippen molar-refractivity contribution < 1.29 is 9.53 Å². The monoisotopic (exact) mass is 454 g/mol. The normalized spacial score (nSPS) is 42.3. The van der Waals surface area contributed by atoms with Gasteiger partial charge in [-0.1, -0.05) is 65.3 Å². The van der Waals surface area contributed by atoms with Crippen molar-refractivity contribution in [3.05, 3.63) is 23.8 Å². The minimum absolute atomic E-state index is 0.108. The Bertz CT molecular complexity index is 778. The highest BCUT2D eigenvalue weighted by atomic mass is 16.5. The third-order valence-corrected chi connectivity index (χ3v) is 11.1. The molecular formula is C31H50O2. The Labute approximate surface area is 204 Å². The van der Waals surface area contributed by atoms with Gasteiger partial charge in [0.25, 0.3) is 0 Å². The summed E-state index contributed by atoms with van der Waals surface area (Å²) >= 11 is 0. The molecule has 3 saturated carbocycles. The molecule has 0 aliphatic heterocycles. The fourth-order valence-electron chi connectivity index (χ4n) is 9.00. The molecule has 4 aliphatic rings. The number of rotatable bonds is 6. The van der Waals surface area contributed by atoms with E-state index in [1.165, 1.54) is 44.9 Å². The summed E-state index contributed by atoms with van der Waals surface area (Å²) in [4.78, 5) is 11.5. The smallest absolute Gasteiger partial charge is 0.302 e. The van der Waals surface area contributed by atoms with Crippen molar-refractivity contribution in [2.24, 2.45) is 52.3 Å². The van der Waals surface area contributed by atoms with Gasteiger partial charge in [-0.05, 0) is 110 Å². The van der Waals surface area contributed by atoms with Gasteiger partial charge < -0.3 is 4.74 Å². The summed E-state index contributed by atoms with van der Waals surface area (Å²) in [6.45, 7) is 16.3. The van der Waals surface area contributed by atoms with Gasteiger partial charge in [-0.3, -0.25) is 4.79 Å².